The Morgan fingerprint density at radius 2 is 0.812 bits per heavy atom. The normalized spacial score (nSPS) is 14.0. The predicted octanol–water partition coefficient (Wildman–Crippen LogP) is 13.9. The van der Waals surface area contributed by atoms with Crippen LogP contribution in [0.5, 0.6) is 0 Å². The first-order valence-corrected chi connectivity index (χ1v) is 26.4. The van der Waals surface area contributed by atoms with Gasteiger partial charge in [-0.25, -0.2) is 26.3 Å². The maximum absolute atomic E-state index is 12.9. The van der Waals surface area contributed by atoms with E-state index in [4.69, 9.17) is 74.7 Å². The van der Waals surface area contributed by atoms with Gasteiger partial charge in [-0.15, -0.1) is 0 Å². The number of fused-ring (bicyclic) bond motifs is 6. The number of hydrogen-bond donors (Lipinski definition) is 3. The van der Waals surface area contributed by atoms with Crippen LogP contribution < -0.4 is 5.73 Å². The number of alkyl halides is 9. The van der Waals surface area contributed by atoms with E-state index in [1.54, 1.807) is 62.3 Å². The summed E-state index contributed by atoms with van der Waals surface area (Å²) in [6.07, 6.45) is -11.3. The number of carboxylic acid groups (broad SMARTS) is 1. The first-order chi connectivity index (χ1) is 37.0. The molecule has 4 N–H and O–H groups in total. The van der Waals surface area contributed by atoms with E-state index in [-0.39, 0.29) is 30.9 Å². The first kappa shape index (κ1) is 68.4. The molecule has 0 heterocycles. The minimum Gasteiger partial charge on any atom is -0.481 e. The zero-order chi connectivity index (χ0) is 60.5. The highest BCUT2D eigenvalue weighted by Gasteiger charge is 2.35. The molecule has 22 heteroatoms. The molecule has 4 aromatic carbocycles. The molecule has 2 aliphatic rings. The number of ether oxygens (including phenoxy) is 5. The summed E-state index contributed by atoms with van der Waals surface area (Å²) < 4.78 is 98.3. The highest BCUT2D eigenvalue weighted by atomic mass is 35.6. The number of rotatable bonds is 17. The molecule has 0 fully saturated rings. The molecule has 440 valence electrons. The van der Waals surface area contributed by atoms with Crippen molar-refractivity contribution in [3.8, 4) is 22.3 Å². The van der Waals surface area contributed by atoms with E-state index >= 15 is 0 Å². The van der Waals surface area contributed by atoms with Crippen LogP contribution in [-0.4, -0.2) is 100.0 Å². The Kier molecular flexibility index (Phi) is 25.9. The van der Waals surface area contributed by atoms with Crippen molar-refractivity contribution < 1.29 is 79.1 Å². The van der Waals surface area contributed by atoms with Crippen molar-refractivity contribution in [1.82, 2.24) is 0 Å². The van der Waals surface area contributed by atoms with Gasteiger partial charge in [-0.2, -0.15) is 0 Å². The number of carbonyl (C=O) groups excluding carboxylic acids is 4. The molecule has 0 aliphatic heterocycles. The number of halogens is 9. The quantitative estimate of drug-likeness (QED) is 0.0226. The lowest BCUT2D eigenvalue weighted by molar-refractivity contribution is -0.165. The Labute approximate surface area is 477 Å². The van der Waals surface area contributed by atoms with Crippen LogP contribution in [0.15, 0.2) is 97.1 Å². The third-order valence-electron chi connectivity index (χ3n) is 11.4. The van der Waals surface area contributed by atoms with Crippen molar-refractivity contribution in [1.29, 1.82) is 5.41 Å². The van der Waals surface area contributed by atoms with Gasteiger partial charge in [-0.3, -0.25) is 29.4 Å². The SMILES string of the molecule is CC(C)(C)OC(=N)C(Cl)(Cl)Cl.CC(C)(C)OC(=O)[C@@H](CC(=O)OCC1c2ccccc2-c2ccccc21)CC(F)F.CC(C)(C)OC(=O)[C@@H](N)CC(F)F.O=C(C[C@@H](CC(F)F)C(=O)O)OCC1c2ccccc2-c2ccccc21. The molecule has 6 rings (SSSR count). The fourth-order valence-corrected chi connectivity index (χ4v) is 8.25. The van der Waals surface area contributed by atoms with Crippen LogP contribution in [0.1, 0.15) is 129 Å². The molecular weight excluding hydrogens is 1120 g/mol. The number of benzene rings is 4. The van der Waals surface area contributed by atoms with Crippen LogP contribution in [0.2, 0.25) is 0 Å². The topological polar surface area (TPSA) is 202 Å². The van der Waals surface area contributed by atoms with Crippen LogP contribution >= 0.6 is 34.8 Å². The number of nitrogens with one attached hydrogen (secondary N) is 1. The Hall–Kier alpha value is -5.89. The van der Waals surface area contributed by atoms with E-state index in [0.717, 1.165) is 44.5 Å². The average Bonchev–Trinajstić information content (AvgIpc) is 3.87. The van der Waals surface area contributed by atoms with Gasteiger partial charge in [-0.1, -0.05) is 132 Å². The summed E-state index contributed by atoms with van der Waals surface area (Å²) in [5, 5.41) is 16.1. The largest absolute Gasteiger partial charge is 0.481 e. The summed E-state index contributed by atoms with van der Waals surface area (Å²) in [6, 6.07) is 30.2. The summed E-state index contributed by atoms with van der Waals surface area (Å²) in [5.74, 6) is -7.78. The molecule has 13 nitrogen and oxygen atoms in total. The van der Waals surface area contributed by atoms with Crippen molar-refractivity contribution in [3.05, 3.63) is 119 Å². The van der Waals surface area contributed by atoms with Gasteiger partial charge >= 0.3 is 29.8 Å². The van der Waals surface area contributed by atoms with Gasteiger partial charge < -0.3 is 34.5 Å². The number of carbonyl (C=O) groups is 5. The summed E-state index contributed by atoms with van der Waals surface area (Å²) >= 11 is 16.1. The predicted molar refractivity (Wildman–Crippen MR) is 294 cm³/mol. The monoisotopic (exact) mass is 1190 g/mol. The number of nitrogens with two attached hydrogens (primary N) is 1. The standard InChI is InChI=1S/C24H26F2O4.C20H18F2O4.C8H15F2NO2.C6H10Cl3NO/c1-24(2,3)30-23(28)15(12-21(25)26)13-22(27)29-14-20-18-10-6-4-8-16(18)17-9-5-7-11-19(17)20;21-18(22)9-12(20(24)25)10-19(23)26-11-17-15-7-3-1-5-13(15)14-6-2-4-8-16(14)17;1-8(2,3)13-7(12)5(11)4-6(9)10;1-5(2,3)11-4(10)6(7,8)9/h4-11,15,20-21H,12-14H2,1-3H3;1-8,12,17-18H,9-11H2,(H,24,25);5-6H,4,11H2,1-3H3;10H,1-3H3/t15-;12-;5-;/m110./s1. The molecule has 0 saturated carbocycles. The molecule has 0 radical (unpaired) electrons. The molecule has 80 heavy (non-hydrogen) atoms. The van der Waals surface area contributed by atoms with Crippen LogP contribution in [0.4, 0.5) is 26.3 Å². The molecule has 0 bridgehead atoms. The number of hydrogen-bond acceptors (Lipinski definition) is 12. The van der Waals surface area contributed by atoms with Gasteiger partial charge in [0.05, 0.1) is 24.7 Å². The van der Waals surface area contributed by atoms with Crippen molar-refractivity contribution in [3.63, 3.8) is 0 Å². The van der Waals surface area contributed by atoms with E-state index in [2.05, 4.69) is 0 Å². The molecule has 0 unspecified atom stereocenters. The fraction of sp³-hybridized carbons (Fsp3) is 0.483. The Morgan fingerprint density at radius 3 is 1.10 bits per heavy atom. The van der Waals surface area contributed by atoms with Crippen molar-refractivity contribution >= 4 is 70.5 Å². The van der Waals surface area contributed by atoms with Crippen molar-refractivity contribution in [2.45, 2.75) is 152 Å². The van der Waals surface area contributed by atoms with Crippen LogP contribution in [0, 0.1) is 17.2 Å². The maximum Gasteiger partial charge on any atom is 0.323 e. The maximum atomic E-state index is 12.9. The fourth-order valence-electron chi connectivity index (χ4n) is 8.13. The number of esters is 4. The average molecular weight is 1190 g/mol. The van der Waals surface area contributed by atoms with E-state index in [1.807, 2.05) is 97.1 Å². The molecule has 0 saturated heterocycles. The van der Waals surface area contributed by atoms with Crippen molar-refractivity contribution in [2.75, 3.05) is 13.2 Å². The summed E-state index contributed by atoms with van der Waals surface area (Å²) in [4.78, 5) is 58.7. The Balaban J connectivity index is 0.000000304. The molecule has 3 atom stereocenters. The smallest absolute Gasteiger partial charge is 0.323 e. The molecular formula is C58H69Cl3F6N2O11. The molecule has 0 amide bonds. The van der Waals surface area contributed by atoms with Crippen LogP contribution in [-0.2, 0) is 47.7 Å². The second-order valence-corrected chi connectivity index (χ2v) is 23.8. The minimum absolute atomic E-state index is 0.0495. The van der Waals surface area contributed by atoms with Gasteiger partial charge in [0.1, 0.15) is 36.1 Å². The second kappa shape index (κ2) is 30.2. The van der Waals surface area contributed by atoms with E-state index < -0.39 is 120 Å². The summed E-state index contributed by atoms with van der Waals surface area (Å²) in [7, 11) is 0. The molecule has 2 aliphatic carbocycles. The summed E-state index contributed by atoms with van der Waals surface area (Å²) in [5.41, 5.74) is 11.7. The summed E-state index contributed by atoms with van der Waals surface area (Å²) in [6.45, 7) is 15.4. The van der Waals surface area contributed by atoms with E-state index in [9.17, 15) is 50.3 Å². The highest BCUT2D eigenvalue weighted by Crippen LogP contribution is 2.46. The Morgan fingerprint density at radius 1 is 0.512 bits per heavy atom. The van der Waals surface area contributed by atoms with E-state index in [0.29, 0.717) is 0 Å². The first-order valence-electron chi connectivity index (χ1n) is 25.3. The van der Waals surface area contributed by atoms with Crippen LogP contribution in [0.3, 0.4) is 0 Å². The second-order valence-electron chi connectivity index (χ2n) is 21.6. The van der Waals surface area contributed by atoms with Gasteiger partial charge in [0.15, 0.2) is 0 Å². The third-order valence-corrected chi connectivity index (χ3v) is 11.9. The molecule has 4 aromatic rings. The third kappa shape index (κ3) is 23.3. The number of carboxylic acids is 1. The van der Waals surface area contributed by atoms with E-state index in [1.165, 1.54) is 0 Å². The zero-order valence-electron chi connectivity index (χ0n) is 45.8. The molecule has 0 spiro atoms. The highest BCUT2D eigenvalue weighted by molar-refractivity contribution is 6.76. The molecule has 0 aromatic heterocycles. The van der Waals surface area contributed by atoms with Gasteiger partial charge in [-0.05, 0) is 107 Å². The van der Waals surface area contributed by atoms with Gasteiger partial charge in [0.2, 0.25) is 25.2 Å². The number of aliphatic carboxylic acids is 1. The Bertz CT molecular complexity index is 2630. The lowest BCUT2D eigenvalue weighted by Crippen LogP contribution is -2.38. The lowest BCUT2D eigenvalue weighted by Gasteiger charge is -2.24. The lowest BCUT2D eigenvalue weighted by atomic mass is 9.98. The van der Waals surface area contributed by atoms with Crippen LogP contribution in [0.25, 0.3) is 22.3 Å². The minimum atomic E-state index is -2.78. The zero-order valence-corrected chi connectivity index (χ0v) is 48.1. The van der Waals surface area contributed by atoms with Gasteiger partial charge in [0, 0.05) is 31.1 Å². The van der Waals surface area contributed by atoms with Crippen molar-refractivity contribution in [2.24, 2.45) is 17.6 Å². The van der Waals surface area contributed by atoms with Gasteiger partial charge in [0.25, 0.3) is 3.79 Å².